The molecule has 1 aromatic carbocycles. The minimum Gasteiger partial charge on any atom is -0.480 e. The van der Waals surface area contributed by atoms with Gasteiger partial charge in [-0.1, -0.05) is 13.8 Å². The molecule has 0 radical (unpaired) electrons. The van der Waals surface area contributed by atoms with E-state index in [2.05, 4.69) is 0 Å². The van der Waals surface area contributed by atoms with E-state index < -0.39 is 49.3 Å². The van der Waals surface area contributed by atoms with Crippen LogP contribution in [0.4, 0.5) is 10.1 Å². The van der Waals surface area contributed by atoms with Gasteiger partial charge in [0.05, 0.1) is 15.4 Å². The van der Waals surface area contributed by atoms with Gasteiger partial charge in [-0.2, -0.15) is 4.72 Å². The summed E-state index contributed by atoms with van der Waals surface area (Å²) in [6.07, 6.45) is 0. The Kier molecular flexibility index (Phi) is 5.20. The van der Waals surface area contributed by atoms with Crippen LogP contribution in [0, 0.1) is 28.8 Å². The number of rotatable bonds is 6. The van der Waals surface area contributed by atoms with Crippen LogP contribution >= 0.6 is 0 Å². The van der Waals surface area contributed by atoms with E-state index in [0.29, 0.717) is 12.1 Å². The first-order chi connectivity index (χ1) is 9.97. The van der Waals surface area contributed by atoms with Gasteiger partial charge in [0.1, 0.15) is 11.9 Å². The van der Waals surface area contributed by atoms with Crippen molar-refractivity contribution >= 4 is 21.7 Å². The fraction of sp³-hybridized carbons (Fsp3) is 0.417. The molecule has 0 amide bonds. The molecule has 10 heteroatoms. The van der Waals surface area contributed by atoms with Crippen molar-refractivity contribution < 1.29 is 27.6 Å². The molecule has 8 nitrogen and oxygen atoms in total. The van der Waals surface area contributed by atoms with Crippen molar-refractivity contribution in [3.8, 4) is 0 Å². The van der Waals surface area contributed by atoms with E-state index in [1.807, 2.05) is 4.72 Å². The van der Waals surface area contributed by atoms with E-state index >= 15 is 0 Å². The van der Waals surface area contributed by atoms with Crippen LogP contribution in [0.2, 0.25) is 0 Å². The molecule has 2 N–H and O–H groups in total. The first-order valence-corrected chi connectivity index (χ1v) is 7.65. The summed E-state index contributed by atoms with van der Waals surface area (Å²) in [5.74, 6) is -3.04. The third kappa shape index (κ3) is 3.77. The minimum atomic E-state index is -4.42. The Morgan fingerprint density at radius 1 is 1.41 bits per heavy atom. The van der Waals surface area contributed by atoms with E-state index in [9.17, 15) is 27.7 Å². The lowest BCUT2D eigenvalue weighted by Gasteiger charge is -2.18. The Morgan fingerprint density at radius 3 is 2.36 bits per heavy atom. The van der Waals surface area contributed by atoms with Crippen molar-refractivity contribution in [3.63, 3.8) is 0 Å². The van der Waals surface area contributed by atoms with Crippen molar-refractivity contribution in [3.05, 3.63) is 33.6 Å². The summed E-state index contributed by atoms with van der Waals surface area (Å²) < 4.78 is 39.8. The molecule has 22 heavy (non-hydrogen) atoms. The average molecular weight is 334 g/mol. The highest BCUT2D eigenvalue weighted by atomic mass is 32.2. The lowest BCUT2D eigenvalue weighted by molar-refractivity contribution is -0.385. The fourth-order valence-electron chi connectivity index (χ4n) is 1.69. The summed E-state index contributed by atoms with van der Waals surface area (Å²) >= 11 is 0. The monoisotopic (exact) mass is 334 g/mol. The zero-order chi connectivity index (χ0) is 17.2. The highest BCUT2D eigenvalue weighted by molar-refractivity contribution is 7.89. The molecular weight excluding hydrogens is 319 g/mol. The summed E-state index contributed by atoms with van der Waals surface area (Å²) in [6, 6.07) is -0.127. The first kappa shape index (κ1) is 18.0. The predicted molar refractivity (Wildman–Crippen MR) is 74.4 cm³/mol. The maximum atomic E-state index is 13.7. The largest absolute Gasteiger partial charge is 0.480 e. The third-order valence-corrected chi connectivity index (χ3v) is 4.43. The quantitative estimate of drug-likeness (QED) is 0.598. The molecule has 0 bridgehead atoms. The van der Waals surface area contributed by atoms with Crippen LogP contribution in [0.3, 0.4) is 0 Å². The number of aliphatic carboxylic acids is 1. The smallest absolute Gasteiger partial charge is 0.322 e. The second-order valence-corrected chi connectivity index (χ2v) is 6.70. The van der Waals surface area contributed by atoms with Crippen LogP contribution in [0.15, 0.2) is 17.0 Å². The van der Waals surface area contributed by atoms with Crippen molar-refractivity contribution in [1.29, 1.82) is 0 Å². The number of carboxylic acid groups (broad SMARTS) is 1. The molecule has 1 atom stereocenters. The molecule has 122 valence electrons. The van der Waals surface area contributed by atoms with Crippen molar-refractivity contribution in [2.45, 2.75) is 31.7 Å². The van der Waals surface area contributed by atoms with Gasteiger partial charge in [0, 0.05) is 6.07 Å². The van der Waals surface area contributed by atoms with E-state index in [4.69, 9.17) is 5.11 Å². The number of benzene rings is 1. The van der Waals surface area contributed by atoms with E-state index in [1.165, 1.54) is 13.8 Å². The molecule has 0 saturated carbocycles. The van der Waals surface area contributed by atoms with E-state index in [1.54, 1.807) is 0 Å². The molecule has 0 aliphatic carbocycles. The third-order valence-electron chi connectivity index (χ3n) is 3.01. The normalized spacial score (nSPS) is 13.1. The zero-order valence-corrected chi connectivity index (χ0v) is 12.8. The standard InChI is InChI=1S/C12H15FN2O6S/c1-6(2)11(12(16)17)14-22(20,21)8-4-9(13)7(3)10(5-8)15(18)19/h4-6,11,14H,1-3H3,(H,16,17)/t11-/m0/s1. The molecule has 0 spiro atoms. The van der Waals surface area contributed by atoms with Crippen LogP contribution in [-0.2, 0) is 14.8 Å². The molecule has 0 fully saturated rings. The maximum Gasteiger partial charge on any atom is 0.322 e. The topological polar surface area (TPSA) is 127 Å². The Morgan fingerprint density at radius 2 is 1.95 bits per heavy atom. The molecular formula is C12H15FN2O6S. The summed E-state index contributed by atoms with van der Waals surface area (Å²) in [4.78, 5) is 20.3. The van der Waals surface area contributed by atoms with Crippen molar-refractivity contribution in [1.82, 2.24) is 4.72 Å². The number of carbonyl (C=O) groups is 1. The van der Waals surface area contributed by atoms with Gasteiger partial charge in [-0.15, -0.1) is 0 Å². The number of sulfonamides is 1. The minimum absolute atomic E-state index is 0.303. The van der Waals surface area contributed by atoms with E-state index in [-0.39, 0.29) is 5.56 Å². The van der Waals surface area contributed by atoms with Crippen molar-refractivity contribution in [2.24, 2.45) is 5.92 Å². The van der Waals surface area contributed by atoms with Crippen LogP contribution in [-0.4, -0.2) is 30.5 Å². The Labute approximate surface area is 126 Å². The van der Waals surface area contributed by atoms with Crippen LogP contribution < -0.4 is 4.72 Å². The number of nitro benzene ring substituents is 1. The van der Waals surface area contributed by atoms with Gasteiger partial charge in [-0.05, 0) is 18.9 Å². The molecule has 0 aliphatic rings. The molecule has 0 unspecified atom stereocenters. The SMILES string of the molecule is Cc1c(F)cc(S(=O)(=O)N[C@H](C(=O)O)C(C)C)cc1[N+](=O)[O-]. The molecule has 1 aromatic rings. The first-order valence-electron chi connectivity index (χ1n) is 6.17. The van der Waals surface area contributed by atoms with Gasteiger partial charge in [-0.25, -0.2) is 12.8 Å². The summed E-state index contributed by atoms with van der Waals surface area (Å²) in [5.41, 5.74) is -1.00. The maximum absolute atomic E-state index is 13.7. The second-order valence-electron chi connectivity index (χ2n) is 4.99. The van der Waals surface area contributed by atoms with Gasteiger partial charge >= 0.3 is 5.97 Å². The number of hydrogen-bond donors (Lipinski definition) is 2. The predicted octanol–water partition coefficient (Wildman–Crippen LogP) is 1.43. The van der Waals surface area contributed by atoms with Crippen molar-refractivity contribution in [2.75, 3.05) is 0 Å². The zero-order valence-electron chi connectivity index (χ0n) is 12.0. The molecule has 1 rings (SSSR count). The van der Waals surface area contributed by atoms with Crippen LogP contribution in [0.5, 0.6) is 0 Å². The molecule has 0 aromatic heterocycles. The molecule has 0 heterocycles. The number of halogens is 1. The van der Waals surface area contributed by atoms with Crippen LogP contribution in [0.1, 0.15) is 19.4 Å². The summed E-state index contributed by atoms with van der Waals surface area (Å²) in [6.45, 7) is 4.12. The number of hydrogen-bond acceptors (Lipinski definition) is 5. The Hall–Kier alpha value is -2.07. The van der Waals surface area contributed by atoms with Gasteiger partial charge in [0.15, 0.2) is 0 Å². The van der Waals surface area contributed by atoms with E-state index in [0.717, 1.165) is 6.92 Å². The molecule has 0 saturated heterocycles. The summed E-state index contributed by atoms with van der Waals surface area (Å²) in [7, 11) is -4.42. The van der Waals surface area contributed by atoms with Crippen LogP contribution in [0.25, 0.3) is 0 Å². The summed E-state index contributed by atoms with van der Waals surface area (Å²) in [5, 5.41) is 19.8. The number of nitrogens with one attached hydrogen (secondary N) is 1. The molecule has 0 aliphatic heterocycles. The van der Waals surface area contributed by atoms with Gasteiger partial charge in [0.2, 0.25) is 10.0 Å². The lowest BCUT2D eigenvalue weighted by atomic mass is 10.1. The fourth-order valence-corrected chi connectivity index (χ4v) is 3.06. The van der Waals surface area contributed by atoms with Gasteiger partial charge in [-0.3, -0.25) is 14.9 Å². The Bertz CT molecular complexity index is 717. The number of nitro groups is 1. The highest BCUT2D eigenvalue weighted by Gasteiger charge is 2.30. The Balaban J connectivity index is 3.35. The highest BCUT2D eigenvalue weighted by Crippen LogP contribution is 2.25. The van der Waals surface area contributed by atoms with Gasteiger partial charge in [0.25, 0.3) is 5.69 Å². The number of nitrogens with zero attached hydrogens (tertiary/aromatic N) is 1. The lowest BCUT2D eigenvalue weighted by Crippen LogP contribution is -2.44. The second kappa shape index (κ2) is 6.36. The van der Waals surface area contributed by atoms with Gasteiger partial charge < -0.3 is 5.11 Å². The number of carboxylic acids is 1. The average Bonchev–Trinajstić information content (AvgIpc) is 2.37.